The van der Waals surface area contributed by atoms with Crippen LogP contribution in [0.25, 0.3) is 0 Å². The van der Waals surface area contributed by atoms with Gasteiger partial charge >= 0.3 is 0 Å². The Hall–Kier alpha value is -0.340. The molecule has 0 spiro atoms. The predicted octanol–water partition coefficient (Wildman–Crippen LogP) is 1.53. The summed E-state index contributed by atoms with van der Waals surface area (Å²) in [6.07, 6.45) is 6.04. The number of nitrogens with zero attached hydrogens (tertiary/aromatic N) is 1. The Labute approximate surface area is 75.2 Å². The van der Waals surface area contributed by atoms with E-state index in [4.69, 9.17) is 4.74 Å². The normalized spacial score (nSPS) is 35.6. The zero-order valence-electron chi connectivity index (χ0n) is 8.29. The molecule has 0 saturated carbocycles. The van der Waals surface area contributed by atoms with Crippen molar-refractivity contribution in [2.45, 2.75) is 19.4 Å². The monoisotopic (exact) mass is 169 g/mol. The van der Waals surface area contributed by atoms with Gasteiger partial charge in [0.15, 0.2) is 0 Å². The molecular weight excluding hydrogens is 150 g/mol. The third-order valence-corrected chi connectivity index (χ3v) is 2.50. The minimum Gasteiger partial charge on any atom is -0.380 e. The molecule has 1 heterocycles. The SMILES string of the molecule is COC1CN(C)CC/C=C\C1C. The maximum absolute atomic E-state index is 5.42. The van der Waals surface area contributed by atoms with Crippen LogP contribution in [-0.4, -0.2) is 38.3 Å². The Bertz CT molecular complexity index is 156. The zero-order chi connectivity index (χ0) is 8.97. The lowest BCUT2D eigenvalue weighted by Crippen LogP contribution is -2.35. The van der Waals surface area contributed by atoms with E-state index in [0.29, 0.717) is 12.0 Å². The van der Waals surface area contributed by atoms with Gasteiger partial charge in [-0.15, -0.1) is 0 Å². The van der Waals surface area contributed by atoms with E-state index in [0.717, 1.165) is 19.5 Å². The standard InChI is InChI=1S/C10H19NO/c1-9-6-4-5-7-11(2)8-10(9)12-3/h4,6,9-10H,5,7-8H2,1-3H3/b6-4-. The molecule has 2 nitrogen and oxygen atoms in total. The van der Waals surface area contributed by atoms with E-state index in [1.54, 1.807) is 7.11 Å². The van der Waals surface area contributed by atoms with Gasteiger partial charge < -0.3 is 9.64 Å². The molecule has 0 saturated heterocycles. The molecule has 12 heavy (non-hydrogen) atoms. The quantitative estimate of drug-likeness (QED) is 0.552. The van der Waals surface area contributed by atoms with Gasteiger partial charge in [0.2, 0.25) is 0 Å². The highest BCUT2D eigenvalue weighted by atomic mass is 16.5. The van der Waals surface area contributed by atoms with Crippen LogP contribution in [0.5, 0.6) is 0 Å². The van der Waals surface area contributed by atoms with Gasteiger partial charge in [0, 0.05) is 26.1 Å². The number of hydrogen-bond donors (Lipinski definition) is 0. The van der Waals surface area contributed by atoms with Crippen molar-refractivity contribution in [1.29, 1.82) is 0 Å². The van der Waals surface area contributed by atoms with E-state index in [9.17, 15) is 0 Å². The molecule has 1 aliphatic heterocycles. The number of likely N-dealkylation sites (N-methyl/N-ethyl adjacent to an activating group) is 1. The Morgan fingerprint density at radius 2 is 2.25 bits per heavy atom. The maximum atomic E-state index is 5.42. The summed E-state index contributed by atoms with van der Waals surface area (Å²) in [7, 11) is 3.95. The van der Waals surface area contributed by atoms with Crippen molar-refractivity contribution in [1.82, 2.24) is 4.90 Å². The Kier molecular flexibility index (Phi) is 3.76. The number of hydrogen-bond acceptors (Lipinski definition) is 2. The summed E-state index contributed by atoms with van der Waals surface area (Å²) in [5.74, 6) is 0.540. The van der Waals surface area contributed by atoms with E-state index in [-0.39, 0.29) is 0 Å². The molecular formula is C10H19NO. The highest BCUT2D eigenvalue weighted by Crippen LogP contribution is 2.12. The third kappa shape index (κ3) is 2.61. The van der Waals surface area contributed by atoms with Crippen LogP contribution in [0.1, 0.15) is 13.3 Å². The molecule has 0 fully saturated rings. The first kappa shape index (κ1) is 9.75. The Balaban J connectivity index is 2.56. The summed E-state index contributed by atoms with van der Waals surface area (Å²) in [5.41, 5.74) is 0. The highest BCUT2D eigenvalue weighted by molar-refractivity contribution is 4.93. The molecule has 2 heteroatoms. The van der Waals surface area contributed by atoms with Gasteiger partial charge in [0.1, 0.15) is 0 Å². The summed E-state index contributed by atoms with van der Waals surface area (Å²) in [4.78, 5) is 2.33. The average molecular weight is 169 g/mol. The fourth-order valence-corrected chi connectivity index (χ4v) is 1.58. The van der Waals surface area contributed by atoms with Gasteiger partial charge in [0.05, 0.1) is 6.10 Å². The fraction of sp³-hybridized carbons (Fsp3) is 0.800. The van der Waals surface area contributed by atoms with Gasteiger partial charge in [-0.25, -0.2) is 0 Å². The van der Waals surface area contributed by atoms with Crippen molar-refractivity contribution >= 4 is 0 Å². The van der Waals surface area contributed by atoms with Crippen molar-refractivity contribution in [2.24, 2.45) is 5.92 Å². The average Bonchev–Trinajstić information content (AvgIpc) is 2.05. The van der Waals surface area contributed by atoms with Crippen molar-refractivity contribution in [3.8, 4) is 0 Å². The van der Waals surface area contributed by atoms with Crippen LogP contribution in [0.2, 0.25) is 0 Å². The van der Waals surface area contributed by atoms with Crippen molar-refractivity contribution in [2.75, 3.05) is 27.2 Å². The van der Waals surface area contributed by atoms with Crippen LogP contribution in [0.3, 0.4) is 0 Å². The smallest absolute Gasteiger partial charge is 0.0757 e. The second-order valence-electron chi connectivity index (χ2n) is 3.61. The molecule has 0 aromatic heterocycles. The molecule has 0 aliphatic carbocycles. The van der Waals surface area contributed by atoms with Crippen LogP contribution >= 0.6 is 0 Å². The number of methoxy groups -OCH3 is 1. The summed E-state index contributed by atoms with van der Waals surface area (Å²) in [6.45, 7) is 4.40. The van der Waals surface area contributed by atoms with Crippen LogP contribution < -0.4 is 0 Å². The molecule has 0 radical (unpaired) electrons. The molecule has 0 aromatic carbocycles. The lowest BCUT2D eigenvalue weighted by Gasteiger charge is -2.27. The van der Waals surface area contributed by atoms with Gasteiger partial charge in [-0.05, 0) is 13.5 Å². The second kappa shape index (κ2) is 4.63. The van der Waals surface area contributed by atoms with E-state index < -0.39 is 0 Å². The number of rotatable bonds is 1. The minimum absolute atomic E-state index is 0.353. The van der Waals surface area contributed by atoms with Crippen LogP contribution in [0, 0.1) is 5.92 Å². The van der Waals surface area contributed by atoms with Gasteiger partial charge in [-0.3, -0.25) is 0 Å². The number of ether oxygens (including phenoxy) is 1. The summed E-state index contributed by atoms with van der Waals surface area (Å²) in [6, 6.07) is 0. The third-order valence-electron chi connectivity index (χ3n) is 2.50. The molecule has 0 amide bonds. The molecule has 1 rings (SSSR count). The zero-order valence-corrected chi connectivity index (χ0v) is 8.29. The highest BCUT2D eigenvalue weighted by Gasteiger charge is 2.17. The lowest BCUT2D eigenvalue weighted by molar-refractivity contribution is 0.0453. The largest absolute Gasteiger partial charge is 0.380 e. The van der Waals surface area contributed by atoms with Crippen molar-refractivity contribution in [3.63, 3.8) is 0 Å². The van der Waals surface area contributed by atoms with Crippen molar-refractivity contribution in [3.05, 3.63) is 12.2 Å². The molecule has 2 atom stereocenters. The van der Waals surface area contributed by atoms with E-state index in [2.05, 4.69) is 31.0 Å². The first-order valence-electron chi connectivity index (χ1n) is 4.62. The topological polar surface area (TPSA) is 12.5 Å². The molecule has 70 valence electrons. The van der Waals surface area contributed by atoms with Crippen molar-refractivity contribution < 1.29 is 4.74 Å². The van der Waals surface area contributed by atoms with E-state index in [1.807, 2.05) is 0 Å². The van der Waals surface area contributed by atoms with Gasteiger partial charge in [-0.2, -0.15) is 0 Å². The predicted molar refractivity (Wildman–Crippen MR) is 51.2 cm³/mol. The molecule has 0 bridgehead atoms. The maximum Gasteiger partial charge on any atom is 0.0757 e. The molecule has 0 aromatic rings. The van der Waals surface area contributed by atoms with Gasteiger partial charge in [-0.1, -0.05) is 19.1 Å². The lowest BCUT2D eigenvalue weighted by atomic mass is 10.0. The fourth-order valence-electron chi connectivity index (χ4n) is 1.58. The van der Waals surface area contributed by atoms with E-state index in [1.165, 1.54) is 0 Å². The second-order valence-corrected chi connectivity index (χ2v) is 3.61. The molecule has 2 unspecified atom stereocenters. The first-order valence-corrected chi connectivity index (χ1v) is 4.62. The first-order chi connectivity index (χ1) is 5.74. The summed E-state index contributed by atoms with van der Waals surface area (Å²) < 4.78 is 5.42. The Morgan fingerprint density at radius 1 is 1.50 bits per heavy atom. The minimum atomic E-state index is 0.353. The van der Waals surface area contributed by atoms with Gasteiger partial charge in [0.25, 0.3) is 0 Å². The summed E-state index contributed by atoms with van der Waals surface area (Å²) in [5, 5.41) is 0. The molecule has 1 aliphatic rings. The van der Waals surface area contributed by atoms with E-state index >= 15 is 0 Å². The summed E-state index contributed by atoms with van der Waals surface area (Å²) >= 11 is 0. The van der Waals surface area contributed by atoms with Crippen LogP contribution in [0.15, 0.2) is 12.2 Å². The molecule has 0 N–H and O–H groups in total. The van der Waals surface area contributed by atoms with Crippen LogP contribution in [-0.2, 0) is 4.74 Å². The Morgan fingerprint density at radius 3 is 2.92 bits per heavy atom. The van der Waals surface area contributed by atoms with Crippen LogP contribution in [0.4, 0.5) is 0 Å².